The van der Waals surface area contributed by atoms with Crippen LogP contribution in [0.3, 0.4) is 0 Å². The van der Waals surface area contributed by atoms with Gasteiger partial charge < -0.3 is 4.90 Å². The summed E-state index contributed by atoms with van der Waals surface area (Å²) in [6.07, 6.45) is -0.349. The van der Waals surface area contributed by atoms with Crippen molar-refractivity contribution in [1.82, 2.24) is 0 Å². The first kappa shape index (κ1) is 15.6. The van der Waals surface area contributed by atoms with Gasteiger partial charge >= 0.3 is 10.2 Å². The summed E-state index contributed by atoms with van der Waals surface area (Å²) < 4.78 is 47.9. The van der Waals surface area contributed by atoms with E-state index < -0.39 is 21.4 Å². The second kappa shape index (κ2) is 5.73. The Hall–Kier alpha value is -2.28. The van der Waals surface area contributed by atoms with Gasteiger partial charge in [0, 0.05) is 18.7 Å². The van der Waals surface area contributed by atoms with Crippen LogP contribution in [-0.2, 0) is 15.0 Å². The number of carbonyl (C=O) groups excluding carboxylic acids is 1. The number of nitrogens with zero attached hydrogens (tertiary/aromatic N) is 1. The van der Waals surface area contributed by atoms with E-state index in [1.54, 1.807) is 36.4 Å². The van der Waals surface area contributed by atoms with Gasteiger partial charge in [-0.15, -0.1) is 3.89 Å². The lowest BCUT2D eigenvalue weighted by Crippen LogP contribution is -2.26. The van der Waals surface area contributed by atoms with Crippen molar-refractivity contribution in [2.24, 2.45) is 0 Å². The Kier molecular flexibility index (Phi) is 3.89. The smallest absolute Gasteiger partial charge is 0.307 e. The van der Waals surface area contributed by atoms with Crippen LogP contribution in [0.5, 0.6) is 0 Å². The molecule has 0 aliphatic carbocycles. The summed E-state index contributed by atoms with van der Waals surface area (Å²) in [5, 5.41) is -1.31. The summed E-state index contributed by atoms with van der Waals surface area (Å²) in [7, 11) is -4.73. The third-order valence-corrected chi connectivity index (χ3v) is 4.96. The molecule has 3 rings (SSSR count). The summed E-state index contributed by atoms with van der Waals surface area (Å²) >= 11 is 0. The van der Waals surface area contributed by atoms with Crippen molar-refractivity contribution < 1.29 is 21.5 Å². The van der Waals surface area contributed by atoms with Gasteiger partial charge in [-0.2, -0.15) is 8.42 Å². The maximum absolute atomic E-state index is 13.0. The number of carbonyl (C=O) groups is 1. The number of hydrogen-bond acceptors (Lipinski definition) is 3. The monoisotopic (exact) mass is 337 g/mol. The predicted molar refractivity (Wildman–Crippen MR) is 82.6 cm³/mol. The van der Waals surface area contributed by atoms with Crippen LogP contribution in [0.1, 0.15) is 6.42 Å². The molecule has 0 N–H and O–H groups in total. The highest BCUT2D eigenvalue weighted by Crippen LogP contribution is 2.28. The van der Waals surface area contributed by atoms with Gasteiger partial charge in [0.15, 0.2) is 0 Å². The molecule has 7 heteroatoms. The summed E-state index contributed by atoms with van der Waals surface area (Å²) in [4.78, 5) is 13.1. The topological polar surface area (TPSA) is 54.5 Å². The number of hydrogen-bond donors (Lipinski definition) is 0. The molecule has 1 aliphatic rings. The Labute approximate surface area is 132 Å². The minimum Gasteiger partial charge on any atom is -0.311 e. The number of benzene rings is 2. The standard InChI is InChI=1S/C16H13F2NO3S/c17-13-5-1-11(2-6-13)12-3-7-14(8-4-12)19-10-15(9-16(19)20)23(18,21)22/h1-8,15H,9-10H2. The third kappa shape index (κ3) is 3.24. The lowest BCUT2D eigenvalue weighted by atomic mass is 10.1. The molecule has 0 bridgehead atoms. The molecule has 0 radical (unpaired) electrons. The molecule has 1 saturated heterocycles. The highest BCUT2D eigenvalue weighted by molar-refractivity contribution is 7.87. The van der Waals surface area contributed by atoms with Crippen LogP contribution >= 0.6 is 0 Å². The number of rotatable bonds is 3. The van der Waals surface area contributed by atoms with Gasteiger partial charge in [0.25, 0.3) is 0 Å². The van der Waals surface area contributed by atoms with E-state index in [1.165, 1.54) is 17.0 Å². The largest absolute Gasteiger partial charge is 0.311 e. The Morgan fingerprint density at radius 2 is 1.48 bits per heavy atom. The summed E-state index contributed by atoms with van der Waals surface area (Å²) in [6, 6.07) is 12.8. The predicted octanol–water partition coefficient (Wildman–Crippen LogP) is 2.90. The van der Waals surface area contributed by atoms with E-state index in [4.69, 9.17) is 0 Å². The third-order valence-electron chi connectivity index (χ3n) is 3.84. The van der Waals surface area contributed by atoms with Crippen molar-refractivity contribution in [1.29, 1.82) is 0 Å². The molecule has 4 nitrogen and oxygen atoms in total. The fraction of sp³-hybridized carbons (Fsp3) is 0.188. The minimum atomic E-state index is -4.73. The van der Waals surface area contributed by atoms with E-state index in [2.05, 4.69) is 0 Å². The molecule has 1 unspecified atom stereocenters. The molecule has 120 valence electrons. The molecule has 23 heavy (non-hydrogen) atoms. The average Bonchev–Trinajstić information content (AvgIpc) is 2.90. The van der Waals surface area contributed by atoms with Gasteiger partial charge in [0.2, 0.25) is 5.91 Å². The normalized spacial score (nSPS) is 18.4. The van der Waals surface area contributed by atoms with Crippen LogP contribution in [0.2, 0.25) is 0 Å². The maximum Gasteiger partial charge on any atom is 0.307 e. The summed E-state index contributed by atoms with van der Waals surface area (Å²) in [5.74, 6) is -0.753. The number of halogens is 2. The molecule has 1 aliphatic heterocycles. The van der Waals surface area contributed by atoms with Crippen molar-refractivity contribution in [3.63, 3.8) is 0 Å². The Morgan fingerprint density at radius 1 is 0.957 bits per heavy atom. The van der Waals surface area contributed by atoms with E-state index >= 15 is 0 Å². The van der Waals surface area contributed by atoms with Crippen molar-refractivity contribution in [2.45, 2.75) is 11.7 Å². The van der Waals surface area contributed by atoms with Crippen molar-refractivity contribution in [3.8, 4) is 11.1 Å². The van der Waals surface area contributed by atoms with Gasteiger partial charge in [-0.05, 0) is 35.4 Å². The first-order chi connectivity index (χ1) is 10.8. The van der Waals surface area contributed by atoms with Crippen molar-refractivity contribution in [3.05, 3.63) is 54.3 Å². The van der Waals surface area contributed by atoms with Gasteiger partial charge in [0.05, 0.1) is 0 Å². The van der Waals surface area contributed by atoms with E-state index in [0.717, 1.165) is 11.1 Å². The zero-order valence-electron chi connectivity index (χ0n) is 11.9. The van der Waals surface area contributed by atoms with Gasteiger partial charge in [0.1, 0.15) is 11.1 Å². The highest BCUT2D eigenvalue weighted by Gasteiger charge is 2.38. The summed E-state index contributed by atoms with van der Waals surface area (Å²) in [6.45, 7) is -0.187. The lowest BCUT2D eigenvalue weighted by molar-refractivity contribution is -0.117. The quantitative estimate of drug-likeness (QED) is 0.809. The van der Waals surface area contributed by atoms with Gasteiger partial charge in [-0.3, -0.25) is 4.79 Å². The SMILES string of the molecule is O=C1CC(S(=O)(=O)F)CN1c1ccc(-c2ccc(F)cc2)cc1. The molecule has 1 heterocycles. The van der Waals surface area contributed by atoms with E-state index in [1.807, 2.05) is 0 Å². The lowest BCUT2D eigenvalue weighted by Gasteiger charge is -2.16. The number of amides is 1. The van der Waals surface area contributed by atoms with Gasteiger partial charge in [-0.25, -0.2) is 4.39 Å². The maximum atomic E-state index is 13.0. The highest BCUT2D eigenvalue weighted by atomic mass is 32.3. The zero-order chi connectivity index (χ0) is 16.6. The molecule has 0 spiro atoms. The first-order valence-electron chi connectivity index (χ1n) is 6.94. The second-order valence-corrected chi connectivity index (χ2v) is 6.98. The zero-order valence-corrected chi connectivity index (χ0v) is 12.8. The van der Waals surface area contributed by atoms with Crippen molar-refractivity contribution >= 4 is 21.8 Å². The molecule has 1 amide bonds. The number of anilines is 1. The van der Waals surface area contributed by atoms with E-state index in [0.29, 0.717) is 5.69 Å². The van der Waals surface area contributed by atoms with Crippen LogP contribution in [-0.4, -0.2) is 26.1 Å². The molecule has 2 aromatic carbocycles. The molecular formula is C16H13F2NO3S. The average molecular weight is 337 g/mol. The van der Waals surface area contributed by atoms with Crippen LogP contribution in [0.4, 0.5) is 14.0 Å². The first-order valence-corrected chi connectivity index (χ1v) is 8.39. The Morgan fingerprint density at radius 3 is 1.96 bits per heavy atom. The van der Waals surface area contributed by atoms with Crippen LogP contribution in [0.15, 0.2) is 48.5 Å². The molecule has 0 saturated carbocycles. The summed E-state index contributed by atoms with van der Waals surface area (Å²) in [5.41, 5.74) is 2.15. The molecule has 1 atom stereocenters. The molecule has 2 aromatic rings. The Bertz CT molecular complexity index is 833. The molecule has 1 fully saturated rings. The fourth-order valence-corrected chi connectivity index (χ4v) is 3.26. The second-order valence-electron chi connectivity index (χ2n) is 5.36. The fourth-order valence-electron chi connectivity index (χ4n) is 2.59. The molecule has 0 aromatic heterocycles. The van der Waals surface area contributed by atoms with Crippen LogP contribution in [0, 0.1) is 5.82 Å². The van der Waals surface area contributed by atoms with Gasteiger partial charge in [-0.1, -0.05) is 24.3 Å². The van der Waals surface area contributed by atoms with Crippen LogP contribution in [0.25, 0.3) is 11.1 Å². The van der Waals surface area contributed by atoms with Crippen molar-refractivity contribution in [2.75, 3.05) is 11.4 Å². The Balaban J connectivity index is 1.83. The molecular weight excluding hydrogens is 324 g/mol. The van der Waals surface area contributed by atoms with Crippen LogP contribution < -0.4 is 4.90 Å². The van der Waals surface area contributed by atoms with E-state index in [9.17, 15) is 21.5 Å². The van der Waals surface area contributed by atoms with E-state index in [-0.39, 0.29) is 18.8 Å². The minimum absolute atomic E-state index is 0.187.